The van der Waals surface area contributed by atoms with E-state index in [1.807, 2.05) is 6.07 Å². The van der Waals surface area contributed by atoms with Crippen LogP contribution in [0.1, 0.15) is 11.1 Å². The molecule has 0 nitrogen and oxygen atoms in total. The number of hydrogen-bond donors (Lipinski definition) is 0. The monoisotopic (exact) mass is 418 g/mol. The molecule has 0 unspecified atom stereocenters. The molecule has 0 radical (unpaired) electrons. The lowest BCUT2D eigenvalue weighted by Gasteiger charge is -2.07. The zero-order valence-electron chi connectivity index (χ0n) is 6.08. The van der Waals surface area contributed by atoms with E-state index in [1.165, 1.54) is 11.1 Å². The highest BCUT2D eigenvalue weighted by molar-refractivity contribution is 9.13. The highest BCUT2D eigenvalue weighted by Crippen LogP contribution is 2.31. The minimum absolute atomic E-state index is 0.869. The average molecular weight is 422 g/mol. The van der Waals surface area contributed by atoms with E-state index in [4.69, 9.17) is 0 Å². The first-order valence-corrected chi connectivity index (χ1v) is 7.11. The molecular formula is C8H6Br4. The minimum Gasteiger partial charge on any atom is -0.0876 e. The zero-order valence-corrected chi connectivity index (χ0v) is 12.4. The second kappa shape index (κ2) is 5.13. The average Bonchev–Trinajstić information content (AvgIpc) is 2.09. The molecule has 0 bridgehead atoms. The van der Waals surface area contributed by atoms with E-state index in [-0.39, 0.29) is 0 Å². The Hall–Kier alpha value is 1.14. The molecule has 0 aliphatic carbocycles. The summed E-state index contributed by atoms with van der Waals surface area (Å²) in [5.41, 5.74) is 2.60. The fourth-order valence-corrected chi connectivity index (χ4v) is 3.34. The summed E-state index contributed by atoms with van der Waals surface area (Å²) in [5.74, 6) is 0. The fraction of sp³-hybridized carbons (Fsp3) is 0.250. The highest BCUT2D eigenvalue weighted by Gasteiger charge is 2.07. The summed E-state index contributed by atoms with van der Waals surface area (Å²) in [6.07, 6.45) is 0. The lowest BCUT2D eigenvalue weighted by molar-refractivity contribution is 1.27. The standard InChI is InChI=1S/C8H6Br4/c9-3-5-1-2-7(11)8(12)6(5)4-10/h1-2H,3-4H2. The molecule has 0 atom stereocenters. The van der Waals surface area contributed by atoms with Gasteiger partial charge in [-0.3, -0.25) is 0 Å². The van der Waals surface area contributed by atoms with Gasteiger partial charge in [0.1, 0.15) is 0 Å². The van der Waals surface area contributed by atoms with Gasteiger partial charge in [0.15, 0.2) is 0 Å². The molecule has 4 heteroatoms. The van der Waals surface area contributed by atoms with Crippen molar-refractivity contribution in [2.75, 3.05) is 0 Å². The van der Waals surface area contributed by atoms with Crippen LogP contribution in [0.3, 0.4) is 0 Å². The Morgan fingerprint density at radius 2 is 1.67 bits per heavy atom. The van der Waals surface area contributed by atoms with Crippen molar-refractivity contribution in [3.8, 4) is 0 Å². The number of alkyl halides is 2. The topological polar surface area (TPSA) is 0 Å². The molecule has 0 heterocycles. The lowest BCUT2D eigenvalue weighted by Crippen LogP contribution is -1.89. The van der Waals surface area contributed by atoms with Gasteiger partial charge in [0.25, 0.3) is 0 Å². The second-order valence-corrected chi connectivity index (χ2v) is 5.04. The third-order valence-electron chi connectivity index (χ3n) is 1.57. The molecule has 12 heavy (non-hydrogen) atoms. The Morgan fingerprint density at radius 3 is 2.17 bits per heavy atom. The van der Waals surface area contributed by atoms with Gasteiger partial charge in [0.2, 0.25) is 0 Å². The van der Waals surface area contributed by atoms with Gasteiger partial charge in [-0.2, -0.15) is 0 Å². The van der Waals surface area contributed by atoms with Crippen LogP contribution in [0.25, 0.3) is 0 Å². The summed E-state index contributed by atoms with van der Waals surface area (Å²) >= 11 is 13.9. The normalized spacial score (nSPS) is 10.3. The summed E-state index contributed by atoms with van der Waals surface area (Å²) in [4.78, 5) is 0. The fourth-order valence-electron chi connectivity index (χ4n) is 0.902. The van der Waals surface area contributed by atoms with Crippen molar-refractivity contribution < 1.29 is 0 Å². The molecule has 0 amide bonds. The Balaban J connectivity index is 3.25. The maximum atomic E-state index is 3.53. The van der Waals surface area contributed by atoms with Gasteiger partial charge in [-0.1, -0.05) is 37.9 Å². The van der Waals surface area contributed by atoms with Crippen molar-refractivity contribution in [2.45, 2.75) is 10.7 Å². The molecule has 66 valence electrons. The van der Waals surface area contributed by atoms with Gasteiger partial charge in [-0.25, -0.2) is 0 Å². The second-order valence-electron chi connectivity index (χ2n) is 2.27. The van der Waals surface area contributed by atoms with Crippen LogP contribution in [0.15, 0.2) is 21.1 Å². The van der Waals surface area contributed by atoms with Crippen molar-refractivity contribution in [1.29, 1.82) is 0 Å². The maximum Gasteiger partial charge on any atom is 0.0361 e. The molecule has 0 saturated carbocycles. The van der Waals surface area contributed by atoms with Gasteiger partial charge in [0, 0.05) is 19.6 Å². The van der Waals surface area contributed by atoms with E-state index in [1.54, 1.807) is 0 Å². The quantitative estimate of drug-likeness (QED) is 0.589. The Morgan fingerprint density at radius 1 is 1.00 bits per heavy atom. The van der Waals surface area contributed by atoms with E-state index in [0.29, 0.717) is 0 Å². The summed E-state index contributed by atoms with van der Waals surface area (Å²) in [6.45, 7) is 0. The van der Waals surface area contributed by atoms with Crippen molar-refractivity contribution in [3.63, 3.8) is 0 Å². The SMILES string of the molecule is BrCc1ccc(Br)c(Br)c1CBr. The number of rotatable bonds is 2. The molecule has 0 saturated heterocycles. The molecule has 0 aromatic heterocycles. The van der Waals surface area contributed by atoms with E-state index in [9.17, 15) is 0 Å². The molecule has 1 aromatic carbocycles. The Kier molecular flexibility index (Phi) is 4.79. The van der Waals surface area contributed by atoms with Crippen molar-refractivity contribution in [2.24, 2.45) is 0 Å². The smallest absolute Gasteiger partial charge is 0.0361 e. The Labute approximate surface area is 106 Å². The summed E-state index contributed by atoms with van der Waals surface area (Å²) < 4.78 is 2.23. The predicted molar refractivity (Wildman–Crippen MR) is 67.1 cm³/mol. The number of benzene rings is 1. The number of halogens is 4. The van der Waals surface area contributed by atoms with E-state index in [0.717, 1.165) is 19.6 Å². The van der Waals surface area contributed by atoms with E-state index >= 15 is 0 Å². The van der Waals surface area contributed by atoms with Crippen molar-refractivity contribution >= 4 is 63.7 Å². The molecule has 1 rings (SSSR count). The largest absolute Gasteiger partial charge is 0.0876 e. The third kappa shape index (κ3) is 2.34. The first kappa shape index (κ1) is 11.2. The van der Waals surface area contributed by atoms with Crippen molar-refractivity contribution in [3.05, 3.63) is 32.2 Å². The number of hydrogen-bond acceptors (Lipinski definition) is 0. The molecule has 1 aromatic rings. The van der Waals surface area contributed by atoms with Gasteiger partial charge < -0.3 is 0 Å². The molecule has 0 spiro atoms. The molecule has 0 N–H and O–H groups in total. The van der Waals surface area contributed by atoms with Crippen LogP contribution in [-0.2, 0) is 10.7 Å². The summed E-state index contributed by atoms with van der Waals surface area (Å²) in [7, 11) is 0. The van der Waals surface area contributed by atoms with Crippen LogP contribution in [0.2, 0.25) is 0 Å². The Bertz CT molecular complexity index is 283. The first-order chi connectivity index (χ1) is 5.70. The van der Waals surface area contributed by atoms with Gasteiger partial charge in [-0.15, -0.1) is 0 Å². The summed E-state index contributed by atoms with van der Waals surface area (Å²) in [5, 5.41) is 1.76. The molecule has 0 aliphatic heterocycles. The zero-order chi connectivity index (χ0) is 9.14. The van der Waals surface area contributed by atoms with Crippen LogP contribution >= 0.6 is 63.7 Å². The summed E-state index contributed by atoms with van der Waals surface area (Å²) in [6, 6.07) is 4.16. The maximum absolute atomic E-state index is 3.53. The molecule has 0 fully saturated rings. The third-order valence-corrected chi connectivity index (χ3v) is 4.83. The molecular weight excluding hydrogens is 416 g/mol. The van der Waals surface area contributed by atoms with Crippen LogP contribution in [0.4, 0.5) is 0 Å². The van der Waals surface area contributed by atoms with E-state index in [2.05, 4.69) is 69.8 Å². The van der Waals surface area contributed by atoms with Crippen LogP contribution in [-0.4, -0.2) is 0 Å². The van der Waals surface area contributed by atoms with E-state index < -0.39 is 0 Å². The minimum atomic E-state index is 0.869. The van der Waals surface area contributed by atoms with Gasteiger partial charge in [0.05, 0.1) is 0 Å². The lowest BCUT2D eigenvalue weighted by atomic mass is 10.1. The predicted octanol–water partition coefficient (Wildman–Crippen LogP) is 5.00. The van der Waals surface area contributed by atoms with Crippen LogP contribution < -0.4 is 0 Å². The van der Waals surface area contributed by atoms with Gasteiger partial charge in [-0.05, 0) is 49.1 Å². The van der Waals surface area contributed by atoms with Crippen LogP contribution in [0.5, 0.6) is 0 Å². The molecule has 0 aliphatic rings. The first-order valence-electron chi connectivity index (χ1n) is 3.28. The van der Waals surface area contributed by atoms with Crippen LogP contribution in [0, 0.1) is 0 Å². The van der Waals surface area contributed by atoms with Gasteiger partial charge >= 0.3 is 0 Å². The highest BCUT2D eigenvalue weighted by atomic mass is 79.9. The van der Waals surface area contributed by atoms with Crippen molar-refractivity contribution in [1.82, 2.24) is 0 Å².